The van der Waals surface area contributed by atoms with Crippen molar-refractivity contribution in [3.63, 3.8) is 0 Å². The summed E-state index contributed by atoms with van der Waals surface area (Å²) in [5, 5.41) is 11.9. The van der Waals surface area contributed by atoms with Crippen LogP contribution >= 0.6 is 23.6 Å². The molecule has 0 amide bonds. The molecule has 0 fully saturated rings. The third kappa shape index (κ3) is 5.32. The molecule has 2 aromatic heterocycles. The van der Waals surface area contributed by atoms with Crippen molar-refractivity contribution in [3.8, 4) is 0 Å². The van der Waals surface area contributed by atoms with Crippen molar-refractivity contribution in [2.75, 3.05) is 17.2 Å². The van der Waals surface area contributed by atoms with Gasteiger partial charge in [0.15, 0.2) is 5.11 Å². The van der Waals surface area contributed by atoms with Crippen LogP contribution < -0.4 is 10.6 Å². The molecule has 0 aliphatic heterocycles. The molecule has 1 aromatic carbocycles. The first-order chi connectivity index (χ1) is 15.1. The van der Waals surface area contributed by atoms with Gasteiger partial charge in [0.1, 0.15) is 5.00 Å². The number of carbonyl (C=O) groups is 1. The van der Waals surface area contributed by atoms with E-state index >= 15 is 0 Å². The quantitative estimate of drug-likeness (QED) is 0.301. The van der Waals surface area contributed by atoms with Gasteiger partial charge in [-0.25, -0.2) is 4.79 Å². The molecule has 2 N–H and O–H groups in total. The van der Waals surface area contributed by atoms with Crippen LogP contribution in [0.2, 0.25) is 0 Å². The highest BCUT2D eigenvalue weighted by molar-refractivity contribution is 7.80. The summed E-state index contributed by atoms with van der Waals surface area (Å²) in [5.41, 5.74) is 3.83. The Bertz CT molecular complexity index is 1040. The van der Waals surface area contributed by atoms with E-state index < -0.39 is 0 Å². The van der Waals surface area contributed by atoms with Crippen LogP contribution in [0.15, 0.2) is 42.7 Å². The van der Waals surface area contributed by atoms with Crippen LogP contribution in [0.25, 0.3) is 0 Å². The number of benzene rings is 1. The maximum atomic E-state index is 12.7. The molecule has 8 heteroatoms. The Labute approximate surface area is 191 Å². The van der Waals surface area contributed by atoms with Crippen LogP contribution in [0.4, 0.5) is 10.7 Å². The van der Waals surface area contributed by atoms with Crippen molar-refractivity contribution in [1.82, 2.24) is 9.78 Å². The first-order valence-electron chi connectivity index (χ1n) is 10.6. The number of rotatable bonds is 6. The fourth-order valence-corrected chi connectivity index (χ4v) is 5.36. The number of aromatic nitrogens is 2. The SMILES string of the molecule is CCOC(=O)c1c(NC(=S)Nc2ccc(Cn3cccn3)cc2)sc2c1CCCCC2. The standard InChI is InChI=1S/C23H26N4O2S2/c1-2-29-22(28)20-18-7-4-3-5-8-19(18)31-21(20)26-23(30)25-17-11-9-16(10-12-17)15-27-14-6-13-24-27/h6,9-14H,2-5,7-8,15H2,1H3,(H2,25,26,30). The van der Waals surface area contributed by atoms with Crippen molar-refractivity contribution in [2.24, 2.45) is 0 Å². The van der Waals surface area contributed by atoms with Crippen LogP contribution in [0.5, 0.6) is 0 Å². The Balaban J connectivity index is 1.46. The first-order valence-corrected chi connectivity index (χ1v) is 11.8. The number of carbonyl (C=O) groups excluding carboxylic acids is 1. The highest BCUT2D eigenvalue weighted by Gasteiger charge is 2.26. The van der Waals surface area contributed by atoms with E-state index in [1.165, 1.54) is 11.3 Å². The summed E-state index contributed by atoms with van der Waals surface area (Å²) in [4.78, 5) is 14.0. The van der Waals surface area contributed by atoms with Gasteiger partial charge in [-0.1, -0.05) is 18.6 Å². The van der Waals surface area contributed by atoms with Crippen molar-refractivity contribution >= 4 is 45.3 Å². The monoisotopic (exact) mass is 454 g/mol. The third-order valence-electron chi connectivity index (χ3n) is 5.24. The molecule has 0 atom stereocenters. The van der Waals surface area contributed by atoms with Crippen LogP contribution in [0.3, 0.4) is 0 Å². The van der Waals surface area contributed by atoms with E-state index in [1.807, 2.05) is 48.1 Å². The number of hydrogen-bond acceptors (Lipinski definition) is 5. The van der Waals surface area contributed by atoms with Gasteiger partial charge in [-0.15, -0.1) is 11.3 Å². The fourth-order valence-electron chi connectivity index (χ4n) is 3.79. The highest BCUT2D eigenvalue weighted by atomic mass is 32.1. The predicted octanol–water partition coefficient (Wildman–Crippen LogP) is 5.25. The Morgan fingerprint density at radius 1 is 1.19 bits per heavy atom. The van der Waals surface area contributed by atoms with Crippen LogP contribution in [-0.4, -0.2) is 27.5 Å². The number of anilines is 2. The van der Waals surface area contributed by atoms with E-state index in [-0.39, 0.29) is 5.97 Å². The second-order valence-corrected chi connectivity index (χ2v) is 8.98. The average molecular weight is 455 g/mol. The van der Waals surface area contributed by atoms with Gasteiger partial charge in [-0.05, 0) is 74.2 Å². The average Bonchev–Trinajstić information content (AvgIpc) is 3.31. The first kappa shape index (κ1) is 21.5. The van der Waals surface area contributed by atoms with Crippen molar-refractivity contribution in [2.45, 2.75) is 45.6 Å². The summed E-state index contributed by atoms with van der Waals surface area (Å²) in [6.07, 6.45) is 9.09. The van der Waals surface area contributed by atoms with Gasteiger partial charge in [-0.2, -0.15) is 5.10 Å². The zero-order valence-electron chi connectivity index (χ0n) is 17.5. The maximum Gasteiger partial charge on any atom is 0.341 e. The molecule has 3 aromatic rings. The van der Waals surface area contributed by atoms with Crippen LogP contribution in [-0.2, 0) is 24.1 Å². The molecule has 0 radical (unpaired) electrons. The molecule has 1 aliphatic rings. The Morgan fingerprint density at radius 3 is 2.74 bits per heavy atom. The van der Waals surface area contributed by atoms with Gasteiger partial charge < -0.3 is 15.4 Å². The Kier molecular flexibility index (Phi) is 6.99. The molecular weight excluding hydrogens is 428 g/mol. The van der Waals surface area contributed by atoms with Crippen LogP contribution in [0, 0.1) is 0 Å². The Morgan fingerprint density at radius 2 is 2.00 bits per heavy atom. The van der Waals surface area contributed by atoms with E-state index in [0.717, 1.165) is 54.0 Å². The van der Waals surface area contributed by atoms with Crippen molar-refractivity contribution in [3.05, 3.63) is 64.3 Å². The molecule has 4 rings (SSSR count). The molecule has 2 heterocycles. The predicted molar refractivity (Wildman–Crippen MR) is 129 cm³/mol. The summed E-state index contributed by atoms with van der Waals surface area (Å²) in [7, 11) is 0. The number of fused-ring (bicyclic) bond motifs is 1. The zero-order valence-corrected chi connectivity index (χ0v) is 19.2. The van der Waals surface area contributed by atoms with E-state index in [9.17, 15) is 4.79 Å². The minimum absolute atomic E-state index is 0.268. The second kappa shape index (κ2) is 10.1. The van der Waals surface area contributed by atoms with Gasteiger partial charge in [0.25, 0.3) is 0 Å². The molecule has 0 saturated carbocycles. The lowest BCUT2D eigenvalue weighted by Gasteiger charge is -2.12. The lowest BCUT2D eigenvalue weighted by Crippen LogP contribution is -2.20. The number of hydrogen-bond donors (Lipinski definition) is 2. The van der Waals surface area contributed by atoms with Crippen LogP contribution in [0.1, 0.15) is 52.5 Å². The highest BCUT2D eigenvalue weighted by Crippen LogP contribution is 2.38. The number of aryl methyl sites for hydroxylation is 1. The molecule has 162 valence electrons. The summed E-state index contributed by atoms with van der Waals surface area (Å²) in [6, 6.07) is 9.98. The lowest BCUT2D eigenvalue weighted by molar-refractivity contribution is 0.0527. The topological polar surface area (TPSA) is 68.2 Å². The van der Waals surface area contributed by atoms with E-state index in [2.05, 4.69) is 15.7 Å². The normalized spacial score (nSPS) is 13.2. The summed E-state index contributed by atoms with van der Waals surface area (Å²) in [6.45, 7) is 2.91. The molecule has 31 heavy (non-hydrogen) atoms. The molecule has 0 unspecified atom stereocenters. The summed E-state index contributed by atoms with van der Waals surface area (Å²) in [5.74, 6) is -0.268. The molecule has 0 spiro atoms. The molecule has 1 aliphatic carbocycles. The number of nitrogens with zero attached hydrogens (tertiary/aromatic N) is 2. The largest absolute Gasteiger partial charge is 0.462 e. The molecular formula is C23H26N4O2S2. The lowest BCUT2D eigenvalue weighted by atomic mass is 10.1. The van der Waals surface area contributed by atoms with Crippen molar-refractivity contribution < 1.29 is 9.53 Å². The number of esters is 1. The molecule has 0 saturated heterocycles. The summed E-state index contributed by atoms with van der Waals surface area (Å²) < 4.78 is 7.23. The van der Waals surface area contributed by atoms with Crippen molar-refractivity contribution in [1.29, 1.82) is 0 Å². The maximum absolute atomic E-state index is 12.7. The minimum atomic E-state index is -0.268. The number of thiophene rings is 1. The summed E-state index contributed by atoms with van der Waals surface area (Å²) >= 11 is 7.16. The van der Waals surface area contributed by atoms with E-state index in [1.54, 1.807) is 17.5 Å². The van der Waals surface area contributed by atoms with E-state index in [4.69, 9.17) is 17.0 Å². The Hall–Kier alpha value is -2.71. The second-order valence-electron chi connectivity index (χ2n) is 7.47. The number of nitrogens with one attached hydrogen (secondary N) is 2. The smallest absolute Gasteiger partial charge is 0.341 e. The molecule has 6 nitrogen and oxygen atoms in total. The number of ether oxygens (including phenoxy) is 1. The van der Waals surface area contributed by atoms with E-state index in [0.29, 0.717) is 17.3 Å². The van der Waals surface area contributed by atoms with Gasteiger partial charge in [0.2, 0.25) is 0 Å². The minimum Gasteiger partial charge on any atom is -0.462 e. The van der Waals surface area contributed by atoms with Gasteiger partial charge >= 0.3 is 5.97 Å². The fraction of sp³-hybridized carbons (Fsp3) is 0.348. The third-order valence-corrected chi connectivity index (χ3v) is 6.65. The van der Waals surface area contributed by atoms with Gasteiger partial charge in [0, 0.05) is 23.0 Å². The zero-order chi connectivity index (χ0) is 21.6. The van der Waals surface area contributed by atoms with Gasteiger partial charge in [0.05, 0.1) is 18.7 Å². The number of thiocarbonyl (C=S) groups is 1. The van der Waals surface area contributed by atoms with Gasteiger partial charge in [-0.3, -0.25) is 4.68 Å². The molecule has 0 bridgehead atoms.